The van der Waals surface area contributed by atoms with Crippen molar-refractivity contribution in [1.82, 2.24) is 4.90 Å². The van der Waals surface area contributed by atoms with Gasteiger partial charge in [0.2, 0.25) is 0 Å². The van der Waals surface area contributed by atoms with E-state index in [0.717, 1.165) is 0 Å². The van der Waals surface area contributed by atoms with Crippen LogP contribution in [0.3, 0.4) is 0 Å². The van der Waals surface area contributed by atoms with Gasteiger partial charge in [0.25, 0.3) is 0 Å². The van der Waals surface area contributed by atoms with Gasteiger partial charge in [-0.05, 0) is 26.8 Å². The van der Waals surface area contributed by atoms with Crippen LogP contribution in [0.1, 0.15) is 20.8 Å². The minimum absolute atomic E-state index is 0.104. The van der Waals surface area contributed by atoms with Gasteiger partial charge in [-0.15, -0.1) is 0 Å². The molecule has 0 bridgehead atoms. The summed E-state index contributed by atoms with van der Waals surface area (Å²) in [5, 5.41) is 10.9. The molecule has 84 valence electrons. The third-order valence-electron chi connectivity index (χ3n) is 2.19. The molecule has 1 heterocycles. The van der Waals surface area contributed by atoms with Crippen LogP contribution in [0.5, 0.6) is 0 Å². The summed E-state index contributed by atoms with van der Waals surface area (Å²) in [5.74, 6) is 0. The molecule has 1 aliphatic heterocycles. The lowest BCUT2D eigenvalue weighted by atomic mass is 10.0. The van der Waals surface area contributed by atoms with Crippen LogP contribution in [0.15, 0.2) is 22.6 Å². The molecule has 0 atom stereocenters. The van der Waals surface area contributed by atoms with Gasteiger partial charge in [-0.1, -0.05) is 11.6 Å². The van der Waals surface area contributed by atoms with Gasteiger partial charge in [0, 0.05) is 12.1 Å². The molecule has 0 unspecified atom stereocenters. The minimum atomic E-state index is -0.550. The average Bonchev–Trinajstić information content (AvgIpc) is 2.00. The van der Waals surface area contributed by atoms with Crippen LogP contribution >= 0.6 is 11.6 Å². The second-order valence-corrected chi connectivity index (χ2v) is 4.70. The fourth-order valence-corrected chi connectivity index (χ4v) is 1.86. The van der Waals surface area contributed by atoms with Crippen molar-refractivity contribution >= 4 is 11.6 Å². The summed E-state index contributed by atoms with van der Waals surface area (Å²) in [4.78, 5) is 12.0. The predicted molar refractivity (Wildman–Crippen MR) is 58.6 cm³/mol. The molecule has 0 aromatic rings. The van der Waals surface area contributed by atoms with Crippen molar-refractivity contribution in [3.8, 4) is 0 Å². The first-order valence-corrected chi connectivity index (χ1v) is 4.90. The zero-order valence-corrected chi connectivity index (χ0v) is 9.71. The van der Waals surface area contributed by atoms with E-state index in [-0.39, 0.29) is 22.1 Å². The zero-order chi connectivity index (χ0) is 11.8. The quantitative estimate of drug-likeness (QED) is 0.423. The van der Waals surface area contributed by atoms with E-state index in [9.17, 15) is 10.1 Å². The molecular weight excluding hydrogens is 218 g/mol. The van der Waals surface area contributed by atoms with E-state index in [4.69, 9.17) is 17.3 Å². The van der Waals surface area contributed by atoms with E-state index >= 15 is 0 Å². The fourth-order valence-electron chi connectivity index (χ4n) is 1.36. The van der Waals surface area contributed by atoms with Crippen LogP contribution in [0.4, 0.5) is 0 Å². The highest BCUT2D eigenvalue weighted by molar-refractivity contribution is 6.29. The Kier molecular flexibility index (Phi) is 2.95. The Labute approximate surface area is 93.3 Å². The molecule has 5 nitrogen and oxygen atoms in total. The average molecular weight is 232 g/mol. The van der Waals surface area contributed by atoms with Crippen LogP contribution in [0, 0.1) is 10.1 Å². The summed E-state index contributed by atoms with van der Waals surface area (Å²) in [6, 6.07) is 0. The highest BCUT2D eigenvalue weighted by Gasteiger charge is 2.33. The largest absolute Gasteiger partial charge is 0.393 e. The second-order valence-electron chi connectivity index (χ2n) is 4.34. The van der Waals surface area contributed by atoms with Crippen molar-refractivity contribution in [3.63, 3.8) is 0 Å². The van der Waals surface area contributed by atoms with Crippen LogP contribution in [-0.4, -0.2) is 21.9 Å². The van der Waals surface area contributed by atoms with Gasteiger partial charge in [0.05, 0.1) is 4.92 Å². The van der Waals surface area contributed by atoms with Crippen LogP contribution in [-0.2, 0) is 0 Å². The zero-order valence-electron chi connectivity index (χ0n) is 8.95. The van der Waals surface area contributed by atoms with Crippen LogP contribution < -0.4 is 5.73 Å². The molecule has 6 heteroatoms. The van der Waals surface area contributed by atoms with Crippen molar-refractivity contribution < 1.29 is 4.92 Å². The summed E-state index contributed by atoms with van der Waals surface area (Å²) >= 11 is 5.97. The summed E-state index contributed by atoms with van der Waals surface area (Å²) in [7, 11) is 0. The summed E-state index contributed by atoms with van der Waals surface area (Å²) in [5.41, 5.74) is 5.18. The lowest BCUT2D eigenvalue weighted by Crippen LogP contribution is -2.42. The summed E-state index contributed by atoms with van der Waals surface area (Å²) in [6.07, 6.45) is 1.61. The maximum absolute atomic E-state index is 10.8. The highest BCUT2D eigenvalue weighted by atomic mass is 35.5. The molecule has 15 heavy (non-hydrogen) atoms. The van der Waals surface area contributed by atoms with Gasteiger partial charge < -0.3 is 10.6 Å². The molecule has 1 rings (SSSR count). The van der Waals surface area contributed by atoms with Gasteiger partial charge in [-0.3, -0.25) is 10.1 Å². The molecule has 1 aliphatic rings. The summed E-state index contributed by atoms with van der Waals surface area (Å²) < 4.78 is 0. The van der Waals surface area contributed by atoms with Gasteiger partial charge in [-0.25, -0.2) is 0 Å². The van der Waals surface area contributed by atoms with Crippen molar-refractivity contribution in [2.45, 2.75) is 26.3 Å². The molecule has 2 N–H and O–H groups in total. The molecule has 0 aliphatic carbocycles. The molecule has 0 aromatic heterocycles. The van der Waals surface area contributed by atoms with Crippen molar-refractivity contribution in [2.24, 2.45) is 5.73 Å². The highest BCUT2D eigenvalue weighted by Crippen LogP contribution is 2.30. The molecule has 0 fully saturated rings. The van der Waals surface area contributed by atoms with Crippen LogP contribution in [0.2, 0.25) is 0 Å². The maximum Gasteiger partial charge on any atom is 0.326 e. The molecule has 0 spiro atoms. The van der Waals surface area contributed by atoms with E-state index in [1.165, 1.54) is 0 Å². The predicted octanol–water partition coefficient (Wildman–Crippen LogP) is 1.63. The van der Waals surface area contributed by atoms with E-state index in [0.29, 0.717) is 6.54 Å². The van der Waals surface area contributed by atoms with Gasteiger partial charge >= 0.3 is 5.70 Å². The Morgan fingerprint density at radius 1 is 1.60 bits per heavy atom. The van der Waals surface area contributed by atoms with Crippen molar-refractivity contribution in [1.29, 1.82) is 0 Å². The second kappa shape index (κ2) is 3.73. The Hall–Kier alpha value is -1.23. The number of nitro groups is 1. The maximum atomic E-state index is 10.8. The monoisotopic (exact) mass is 231 g/mol. The topological polar surface area (TPSA) is 72.4 Å². The summed E-state index contributed by atoms with van der Waals surface area (Å²) in [6.45, 7) is 6.29. The van der Waals surface area contributed by atoms with Gasteiger partial charge in [0.15, 0.2) is 5.16 Å². The first-order chi connectivity index (χ1) is 6.75. The third-order valence-corrected chi connectivity index (χ3v) is 2.57. The Morgan fingerprint density at radius 2 is 2.13 bits per heavy atom. The first kappa shape index (κ1) is 11.8. The number of halogens is 1. The number of nitrogens with zero attached hydrogens (tertiary/aromatic N) is 2. The molecule has 0 saturated heterocycles. The van der Waals surface area contributed by atoms with E-state index in [1.807, 2.05) is 20.8 Å². The normalized spacial score (nSPS) is 17.9. The van der Waals surface area contributed by atoms with Crippen molar-refractivity contribution in [2.75, 3.05) is 6.54 Å². The lowest BCUT2D eigenvalue weighted by Gasteiger charge is -2.37. The van der Waals surface area contributed by atoms with E-state index in [1.54, 1.807) is 11.0 Å². The number of nitrogens with two attached hydrogens (primary N) is 1. The molecule has 0 radical (unpaired) electrons. The smallest absolute Gasteiger partial charge is 0.326 e. The molecular formula is C9H14ClN3O2. The fraction of sp³-hybridized carbons (Fsp3) is 0.556. The SMILES string of the molecule is CC(C)(C)N1CC=C(N)C([N+](=O)[O-])=C1Cl. The minimum Gasteiger partial charge on any atom is -0.393 e. The Morgan fingerprint density at radius 3 is 2.53 bits per heavy atom. The lowest BCUT2D eigenvalue weighted by molar-refractivity contribution is -0.423. The van der Waals surface area contributed by atoms with Crippen molar-refractivity contribution in [3.05, 3.63) is 32.7 Å². The van der Waals surface area contributed by atoms with E-state index in [2.05, 4.69) is 0 Å². The Bertz CT molecular complexity index is 355. The Balaban J connectivity index is 3.18. The van der Waals surface area contributed by atoms with Gasteiger partial charge in [0.1, 0.15) is 5.70 Å². The number of hydrogen-bond donors (Lipinski definition) is 1. The third kappa shape index (κ3) is 2.23. The van der Waals surface area contributed by atoms with E-state index < -0.39 is 4.92 Å². The first-order valence-electron chi connectivity index (χ1n) is 4.53. The number of hydrogen-bond acceptors (Lipinski definition) is 4. The molecule has 0 saturated carbocycles. The number of rotatable bonds is 1. The molecule has 0 aromatic carbocycles. The standard InChI is InChI=1S/C9H14ClN3O2/c1-9(2,3)12-5-4-6(11)7(8(12)10)13(14)15/h4H,5,11H2,1-3H3. The van der Waals surface area contributed by atoms with Gasteiger partial charge in [-0.2, -0.15) is 0 Å². The van der Waals surface area contributed by atoms with Crippen LogP contribution in [0.25, 0.3) is 0 Å². The molecule has 0 amide bonds.